The summed E-state index contributed by atoms with van der Waals surface area (Å²) < 4.78 is 80.6. The quantitative estimate of drug-likeness (QED) is 0.585. The molecule has 2 heterocycles. The van der Waals surface area contributed by atoms with E-state index in [0.717, 1.165) is 18.6 Å². The minimum atomic E-state index is -4.76. The zero-order valence-electron chi connectivity index (χ0n) is 15.1. The summed E-state index contributed by atoms with van der Waals surface area (Å²) in [5.74, 6) is -1.68. The Morgan fingerprint density at radius 1 is 0.867 bits per heavy atom. The molecule has 0 saturated heterocycles. The molecule has 0 amide bonds. The average Bonchev–Trinajstić information content (AvgIpc) is 3.15. The molecule has 1 aliphatic rings. The second kappa shape index (κ2) is 6.96. The minimum absolute atomic E-state index is 0.0979. The van der Waals surface area contributed by atoms with Crippen LogP contribution in [0.25, 0.3) is 11.5 Å². The molecule has 158 valence electrons. The van der Waals surface area contributed by atoms with Gasteiger partial charge in [-0.25, -0.2) is 9.97 Å². The zero-order chi connectivity index (χ0) is 21.6. The molecule has 0 aliphatic heterocycles. The van der Waals surface area contributed by atoms with E-state index in [1.54, 1.807) is 0 Å². The van der Waals surface area contributed by atoms with Gasteiger partial charge in [-0.05, 0) is 37.0 Å². The first-order chi connectivity index (χ1) is 14.1. The molecular weight excluding hydrogens is 416 g/mol. The highest BCUT2D eigenvalue weighted by Gasteiger charge is 2.40. The standard InChI is InChI=1S/C18H13F6N5O/c19-17(20,21)12-4-2-11(3-5-12)16(6-1-7-16)27-15-25-8-10(9-26-15)13-28-29-14(30-13)18(22,23)24/h2-5,8-9H,1,6-7H2,(H,25,26,27). The third kappa shape index (κ3) is 3.81. The number of aromatic nitrogens is 4. The predicted octanol–water partition coefficient (Wildman–Crippen LogP) is 5.06. The Kier molecular flexibility index (Phi) is 4.66. The number of halogens is 6. The van der Waals surface area contributed by atoms with E-state index >= 15 is 0 Å². The van der Waals surface area contributed by atoms with Crippen LogP contribution in [0.4, 0.5) is 32.3 Å². The molecule has 1 saturated carbocycles. The lowest BCUT2D eigenvalue weighted by Crippen LogP contribution is -2.42. The van der Waals surface area contributed by atoms with Gasteiger partial charge in [-0.15, -0.1) is 10.2 Å². The first-order valence-electron chi connectivity index (χ1n) is 8.76. The number of alkyl halides is 6. The van der Waals surface area contributed by atoms with Gasteiger partial charge in [0.05, 0.1) is 16.7 Å². The van der Waals surface area contributed by atoms with E-state index < -0.39 is 29.3 Å². The third-order valence-corrected chi connectivity index (χ3v) is 4.89. The van der Waals surface area contributed by atoms with E-state index in [2.05, 4.69) is 29.9 Å². The summed E-state index contributed by atoms with van der Waals surface area (Å²) in [6.07, 6.45) is -4.52. The molecule has 0 unspecified atom stereocenters. The molecule has 6 nitrogen and oxygen atoms in total. The molecule has 3 aromatic rings. The van der Waals surface area contributed by atoms with Crippen LogP contribution in [0.2, 0.25) is 0 Å². The normalized spacial score (nSPS) is 16.2. The maximum Gasteiger partial charge on any atom is 0.470 e. The molecule has 0 atom stereocenters. The van der Waals surface area contributed by atoms with Crippen LogP contribution in [-0.2, 0) is 17.9 Å². The van der Waals surface area contributed by atoms with Crippen LogP contribution in [0.5, 0.6) is 0 Å². The molecule has 0 radical (unpaired) electrons. The van der Waals surface area contributed by atoms with Crippen molar-refractivity contribution < 1.29 is 30.8 Å². The molecule has 12 heteroatoms. The predicted molar refractivity (Wildman–Crippen MR) is 90.9 cm³/mol. The smallest absolute Gasteiger partial charge is 0.413 e. The van der Waals surface area contributed by atoms with Crippen molar-refractivity contribution in [2.75, 3.05) is 5.32 Å². The van der Waals surface area contributed by atoms with E-state index in [4.69, 9.17) is 0 Å². The molecule has 1 aliphatic carbocycles. The van der Waals surface area contributed by atoms with Gasteiger partial charge >= 0.3 is 18.2 Å². The Balaban J connectivity index is 1.52. The highest BCUT2D eigenvalue weighted by molar-refractivity contribution is 5.51. The fourth-order valence-corrected chi connectivity index (χ4v) is 3.17. The van der Waals surface area contributed by atoms with Crippen molar-refractivity contribution in [3.8, 4) is 11.5 Å². The summed E-state index contributed by atoms with van der Waals surface area (Å²) in [6, 6.07) is 4.88. The van der Waals surface area contributed by atoms with Gasteiger partial charge in [0.15, 0.2) is 0 Å². The SMILES string of the molecule is FC(F)(F)c1ccc(C2(Nc3ncc(-c4nnc(C(F)(F)F)o4)cn3)CCC2)cc1. The van der Waals surface area contributed by atoms with Crippen LogP contribution >= 0.6 is 0 Å². The number of benzene rings is 1. The second-order valence-corrected chi connectivity index (χ2v) is 6.84. The van der Waals surface area contributed by atoms with Crippen molar-refractivity contribution in [3.05, 3.63) is 53.7 Å². The highest BCUT2D eigenvalue weighted by atomic mass is 19.4. The van der Waals surface area contributed by atoms with Gasteiger partial charge in [0.25, 0.3) is 5.89 Å². The maximum absolute atomic E-state index is 12.8. The van der Waals surface area contributed by atoms with Gasteiger partial charge in [-0.3, -0.25) is 0 Å². The number of hydrogen-bond acceptors (Lipinski definition) is 6. The Morgan fingerprint density at radius 2 is 1.50 bits per heavy atom. The lowest BCUT2D eigenvalue weighted by atomic mass is 9.71. The molecule has 1 N–H and O–H groups in total. The summed E-state index contributed by atoms with van der Waals surface area (Å²) in [4.78, 5) is 8.13. The number of rotatable bonds is 4. The maximum atomic E-state index is 12.8. The van der Waals surface area contributed by atoms with Crippen molar-refractivity contribution in [1.82, 2.24) is 20.2 Å². The summed E-state index contributed by atoms with van der Waals surface area (Å²) >= 11 is 0. The summed E-state index contributed by atoms with van der Waals surface area (Å²) in [5, 5.41) is 9.39. The van der Waals surface area contributed by atoms with Crippen molar-refractivity contribution in [1.29, 1.82) is 0 Å². The van der Waals surface area contributed by atoms with E-state index in [-0.39, 0.29) is 17.4 Å². The highest BCUT2D eigenvalue weighted by Crippen LogP contribution is 2.44. The van der Waals surface area contributed by atoms with Gasteiger partial charge in [0.1, 0.15) is 0 Å². The number of anilines is 1. The topological polar surface area (TPSA) is 76.7 Å². The van der Waals surface area contributed by atoms with Crippen molar-refractivity contribution in [2.24, 2.45) is 0 Å². The van der Waals surface area contributed by atoms with Gasteiger partial charge in [0.2, 0.25) is 5.95 Å². The van der Waals surface area contributed by atoms with Gasteiger partial charge < -0.3 is 9.73 Å². The van der Waals surface area contributed by atoms with Crippen LogP contribution in [-0.4, -0.2) is 20.2 Å². The molecule has 30 heavy (non-hydrogen) atoms. The summed E-state index contributed by atoms with van der Waals surface area (Å²) in [6.45, 7) is 0. The van der Waals surface area contributed by atoms with Crippen LogP contribution in [0.1, 0.15) is 36.3 Å². The second-order valence-electron chi connectivity index (χ2n) is 6.84. The van der Waals surface area contributed by atoms with Gasteiger partial charge in [-0.1, -0.05) is 12.1 Å². The van der Waals surface area contributed by atoms with E-state index in [1.807, 2.05) is 0 Å². The molecule has 1 aromatic carbocycles. The number of nitrogens with zero attached hydrogens (tertiary/aromatic N) is 4. The van der Waals surface area contributed by atoms with Crippen molar-refractivity contribution in [3.63, 3.8) is 0 Å². The first-order valence-corrected chi connectivity index (χ1v) is 8.76. The lowest BCUT2D eigenvalue weighted by molar-refractivity contribution is -0.157. The summed E-state index contributed by atoms with van der Waals surface area (Å²) in [5.41, 5.74) is -0.583. The number of nitrogens with one attached hydrogen (secondary N) is 1. The number of hydrogen-bond donors (Lipinski definition) is 1. The molecule has 4 rings (SSSR count). The van der Waals surface area contributed by atoms with Crippen LogP contribution in [0.3, 0.4) is 0 Å². The molecule has 0 bridgehead atoms. The largest absolute Gasteiger partial charge is 0.470 e. The molecule has 0 spiro atoms. The average molecular weight is 429 g/mol. The van der Waals surface area contributed by atoms with Gasteiger partial charge in [-0.2, -0.15) is 26.3 Å². The molecular formula is C18H13F6N5O. The molecule has 2 aromatic heterocycles. The van der Waals surface area contributed by atoms with Gasteiger partial charge in [0, 0.05) is 12.4 Å². The van der Waals surface area contributed by atoms with Crippen molar-refractivity contribution >= 4 is 5.95 Å². The van der Waals surface area contributed by atoms with Crippen LogP contribution in [0, 0.1) is 0 Å². The Bertz CT molecular complexity index is 1020. The minimum Gasteiger partial charge on any atom is -0.413 e. The molecule has 1 fully saturated rings. The lowest BCUT2D eigenvalue weighted by Gasteiger charge is -2.43. The first kappa shape index (κ1) is 20.1. The van der Waals surface area contributed by atoms with Crippen LogP contribution in [0.15, 0.2) is 41.1 Å². The fraction of sp³-hybridized carbons (Fsp3) is 0.333. The van der Waals surface area contributed by atoms with E-state index in [9.17, 15) is 26.3 Å². The Morgan fingerprint density at radius 3 is 1.97 bits per heavy atom. The van der Waals surface area contributed by atoms with E-state index in [1.165, 1.54) is 24.5 Å². The summed E-state index contributed by atoms with van der Waals surface area (Å²) in [7, 11) is 0. The third-order valence-electron chi connectivity index (χ3n) is 4.89. The Hall–Kier alpha value is -3.18. The van der Waals surface area contributed by atoms with Crippen molar-refractivity contribution in [2.45, 2.75) is 37.2 Å². The Labute approximate surface area is 165 Å². The van der Waals surface area contributed by atoms with E-state index in [0.29, 0.717) is 18.4 Å². The monoisotopic (exact) mass is 429 g/mol. The fourth-order valence-electron chi connectivity index (χ4n) is 3.17. The zero-order valence-corrected chi connectivity index (χ0v) is 15.1. The van der Waals surface area contributed by atoms with Crippen LogP contribution < -0.4 is 5.32 Å².